The molecule has 1 aromatic rings. The van der Waals surface area contributed by atoms with Crippen molar-refractivity contribution < 1.29 is 27.9 Å². The van der Waals surface area contributed by atoms with E-state index in [1.165, 1.54) is 5.38 Å². The van der Waals surface area contributed by atoms with Crippen LogP contribution in [0.4, 0.5) is 0 Å². The highest BCUT2D eigenvalue weighted by Crippen LogP contribution is 2.19. The first-order valence-electron chi connectivity index (χ1n) is 5.34. The molecule has 0 aromatic carbocycles. The smallest absolute Gasteiger partial charge is 0.336 e. The minimum atomic E-state index is -3.79. The summed E-state index contributed by atoms with van der Waals surface area (Å²) >= 11 is 0.806. The van der Waals surface area contributed by atoms with Gasteiger partial charge < -0.3 is 9.84 Å². The molecule has 0 saturated heterocycles. The summed E-state index contributed by atoms with van der Waals surface area (Å²) in [6, 6.07) is 1.07. The molecule has 0 unspecified atom stereocenters. The lowest BCUT2D eigenvalue weighted by Crippen LogP contribution is -2.26. The van der Waals surface area contributed by atoms with Crippen molar-refractivity contribution in [3.05, 3.63) is 17.0 Å². The van der Waals surface area contributed by atoms with E-state index in [1.807, 2.05) is 0 Å². The Bertz CT molecular complexity index is 562. The molecule has 0 atom stereocenters. The van der Waals surface area contributed by atoms with E-state index >= 15 is 0 Å². The van der Waals surface area contributed by atoms with Crippen molar-refractivity contribution in [2.75, 3.05) is 13.2 Å². The Morgan fingerprint density at radius 3 is 2.68 bits per heavy atom. The maximum atomic E-state index is 11.8. The number of hydrogen-bond donors (Lipinski definition) is 2. The first kappa shape index (κ1) is 15.6. The number of carboxylic acid groups (broad SMARTS) is 1. The zero-order valence-corrected chi connectivity index (χ0v) is 11.7. The predicted molar refractivity (Wildman–Crippen MR) is 67.7 cm³/mol. The molecule has 0 radical (unpaired) electrons. The van der Waals surface area contributed by atoms with Crippen LogP contribution in [0, 0.1) is 0 Å². The van der Waals surface area contributed by atoms with Crippen molar-refractivity contribution in [1.82, 2.24) is 4.72 Å². The van der Waals surface area contributed by atoms with Crippen LogP contribution < -0.4 is 4.72 Å². The zero-order valence-electron chi connectivity index (χ0n) is 10.1. The molecule has 0 saturated carbocycles. The number of ether oxygens (including phenoxy) is 1. The van der Waals surface area contributed by atoms with Crippen molar-refractivity contribution in [1.29, 1.82) is 0 Å². The van der Waals surface area contributed by atoms with Gasteiger partial charge in [0.2, 0.25) is 10.0 Å². The van der Waals surface area contributed by atoms with Gasteiger partial charge >= 0.3 is 11.9 Å². The van der Waals surface area contributed by atoms with Gasteiger partial charge in [-0.1, -0.05) is 0 Å². The third-order valence-electron chi connectivity index (χ3n) is 2.01. The van der Waals surface area contributed by atoms with Gasteiger partial charge in [-0.2, -0.15) is 0 Å². The van der Waals surface area contributed by atoms with E-state index in [2.05, 4.69) is 9.46 Å². The Labute approximate surface area is 114 Å². The largest absolute Gasteiger partial charge is 0.478 e. The molecule has 0 fully saturated rings. The standard InChI is InChI=1S/C10H13NO6S2/c1-2-17-8(12)3-4-11-19(15,16)9-5-7(6-18-9)10(13)14/h5-6,11H,2-4H2,1H3,(H,13,14). The first-order valence-corrected chi connectivity index (χ1v) is 7.70. The minimum absolute atomic E-state index is 0.0791. The lowest BCUT2D eigenvalue weighted by Gasteiger charge is -2.04. The fourth-order valence-corrected chi connectivity index (χ4v) is 3.39. The summed E-state index contributed by atoms with van der Waals surface area (Å²) in [7, 11) is -3.79. The molecule has 0 aliphatic rings. The quantitative estimate of drug-likeness (QED) is 0.717. The van der Waals surface area contributed by atoms with Gasteiger partial charge in [-0.25, -0.2) is 17.9 Å². The molecule has 9 heteroatoms. The van der Waals surface area contributed by atoms with E-state index in [0.29, 0.717) is 0 Å². The Morgan fingerprint density at radius 2 is 2.16 bits per heavy atom. The summed E-state index contributed by atoms with van der Waals surface area (Å²) in [5.74, 6) is -1.69. The highest BCUT2D eigenvalue weighted by atomic mass is 32.2. The number of carbonyl (C=O) groups excluding carboxylic acids is 1. The van der Waals surface area contributed by atoms with E-state index in [0.717, 1.165) is 17.4 Å². The van der Waals surface area contributed by atoms with E-state index in [1.54, 1.807) is 6.92 Å². The van der Waals surface area contributed by atoms with Crippen LogP contribution in [0.5, 0.6) is 0 Å². The fourth-order valence-electron chi connectivity index (χ4n) is 1.16. The van der Waals surface area contributed by atoms with Crippen molar-refractivity contribution in [2.24, 2.45) is 0 Å². The number of aromatic carboxylic acids is 1. The third kappa shape index (κ3) is 4.62. The van der Waals surface area contributed by atoms with Gasteiger partial charge in [0.15, 0.2) is 0 Å². The average molecular weight is 307 g/mol. The van der Waals surface area contributed by atoms with Gasteiger partial charge in [0.25, 0.3) is 0 Å². The number of carbonyl (C=O) groups is 2. The predicted octanol–water partition coefficient (Wildman–Crippen LogP) is 0.678. The summed E-state index contributed by atoms with van der Waals surface area (Å²) in [6.45, 7) is 1.79. The molecule has 106 valence electrons. The van der Waals surface area contributed by atoms with Gasteiger partial charge in [0.05, 0.1) is 18.6 Å². The summed E-state index contributed by atoms with van der Waals surface area (Å²) in [6.07, 6.45) is -0.0791. The highest BCUT2D eigenvalue weighted by molar-refractivity contribution is 7.91. The summed E-state index contributed by atoms with van der Waals surface area (Å²) in [5.41, 5.74) is -0.0873. The van der Waals surface area contributed by atoms with Gasteiger partial charge in [0.1, 0.15) is 4.21 Å². The van der Waals surface area contributed by atoms with E-state index in [-0.39, 0.29) is 29.3 Å². The molecule has 2 N–H and O–H groups in total. The molecule has 19 heavy (non-hydrogen) atoms. The van der Waals surface area contributed by atoms with Crippen LogP contribution in [-0.4, -0.2) is 38.6 Å². The second-order valence-corrected chi connectivity index (χ2v) is 6.32. The van der Waals surface area contributed by atoms with Crippen LogP contribution >= 0.6 is 11.3 Å². The number of rotatable bonds is 7. The van der Waals surface area contributed by atoms with Crippen LogP contribution in [0.1, 0.15) is 23.7 Å². The molecular formula is C10H13NO6S2. The lowest BCUT2D eigenvalue weighted by molar-refractivity contribution is -0.142. The van der Waals surface area contributed by atoms with E-state index in [4.69, 9.17) is 5.11 Å². The Hall–Kier alpha value is -1.45. The van der Waals surface area contributed by atoms with Crippen LogP contribution in [0.25, 0.3) is 0 Å². The molecule has 0 bridgehead atoms. The maximum Gasteiger partial charge on any atom is 0.336 e. The van der Waals surface area contributed by atoms with Crippen LogP contribution in [0.15, 0.2) is 15.7 Å². The van der Waals surface area contributed by atoms with E-state index in [9.17, 15) is 18.0 Å². The lowest BCUT2D eigenvalue weighted by atomic mass is 10.4. The molecule has 0 spiro atoms. The number of sulfonamides is 1. The van der Waals surface area contributed by atoms with Gasteiger partial charge in [0, 0.05) is 11.9 Å². The first-order chi connectivity index (χ1) is 8.86. The van der Waals surface area contributed by atoms with Crippen molar-refractivity contribution in [3.63, 3.8) is 0 Å². The molecular weight excluding hydrogens is 294 g/mol. The monoisotopic (exact) mass is 307 g/mol. The Morgan fingerprint density at radius 1 is 1.47 bits per heavy atom. The topological polar surface area (TPSA) is 110 Å². The fraction of sp³-hybridized carbons (Fsp3) is 0.400. The van der Waals surface area contributed by atoms with Crippen LogP contribution in [0.3, 0.4) is 0 Å². The maximum absolute atomic E-state index is 11.8. The third-order valence-corrected chi connectivity index (χ3v) is 4.91. The van der Waals surface area contributed by atoms with Gasteiger partial charge in [-0.15, -0.1) is 11.3 Å². The van der Waals surface area contributed by atoms with Gasteiger partial charge in [-0.05, 0) is 13.0 Å². The summed E-state index contributed by atoms with van der Waals surface area (Å²) in [4.78, 5) is 21.7. The second-order valence-electron chi connectivity index (χ2n) is 3.41. The molecule has 1 rings (SSSR count). The van der Waals surface area contributed by atoms with E-state index < -0.39 is 22.0 Å². The van der Waals surface area contributed by atoms with Crippen LogP contribution in [-0.2, 0) is 19.6 Å². The van der Waals surface area contributed by atoms with Crippen molar-refractivity contribution >= 4 is 33.3 Å². The second kappa shape index (κ2) is 6.64. The number of hydrogen-bond acceptors (Lipinski definition) is 6. The minimum Gasteiger partial charge on any atom is -0.478 e. The molecule has 0 amide bonds. The molecule has 1 heterocycles. The average Bonchev–Trinajstić information content (AvgIpc) is 2.79. The molecule has 1 aromatic heterocycles. The SMILES string of the molecule is CCOC(=O)CCNS(=O)(=O)c1cc(C(=O)O)cs1. The van der Waals surface area contributed by atoms with Crippen molar-refractivity contribution in [2.45, 2.75) is 17.6 Å². The molecule has 0 aliphatic carbocycles. The number of carboxylic acids is 1. The van der Waals surface area contributed by atoms with Crippen molar-refractivity contribution in [3.8, 4) is 0 Å². The normalized spacial score (nSPS) is 11.2. The molecule has 0 aliphatic heterocycles. The Balaban J connectivity index is 2.60. The summed E-state index contributed by atoms with van der Waals surface area (Å²) < 4.78 is 30.3. The number of nitrogens with one attached hydrogen (secondary N) is 1. The number of esters is 1. The zero-order chi connectivity index (χ0) is 14.5. The highest BCUT2D eigenvalue weighted by Gasteiger charge is 2.18. The molecule has 7 nitrogen and oxygen atoms in total. The number of thiophene rings is 1. The van der Waals surface area contributed by atoms with Gasteiger partial charge in [-0.3, -0.25) is 4.79 Å². The Kier molecular flexibility index (Phi) is 5.45. The van der Waals surface area contributed by atoms with Crippen LogP contribution in [0.2, 0.25) is 0 Å². The summed E-state index contributed by atoms with van der Waals surface area (Å²) in [5, 5.41) is 9.94.